The largest absolute Gasteiger partial charge is 0.375 e. The van der Waals surface area contributed by atoms with Crippen LogP contribution in [0, 0.1) is 6.92 Å². The van der Waals surface area contributed by atoms with Crippen LogP contribution < -0.4 is 15.4 Å². The lowest BCUT2D eigenvalue weighted by atomic mass is 10.1. The number of aryl methyl sites for hydroxylation is 1. The Hall–Kier alpha value is -1.64. The number of amides is 1. The topological polar surface area (TPSA) is 96.5 Å². The standard InChI is InChI=1S/C15H23N3O4S/c1-4-23(20,21)18-13-6-5-12(9-10(13)2)17-15(19)14-11(3)22-8-7-16-14/h5-6,9,11,14,16,18H,4,7-8H2,1-3H3,(H,17,19)/t11-,14+/m1/s1. The second-order valence-electron chi connectivity index (χ2n) is 5.53. The van der Waals surface area contributed by atoms with Crippen molar-refractivity contribution in [3.05, 3.63) is 23.8 Å². The molecule has 0 aliphatic carbocycles. The summed E-state index contributed by atoms with van der Waals surface area (Å²) in [6, 6.07) is 4.65. The second kappa shape index (κ2) is 7.29. The van der Waals surface area contributed by atoms with E-state index in [0.29, 0.717) is 24.5 Å². The molecule has 1 aliphatic rings. The van der Waals surface area contributed by atoms with E-state index >= 15 is 0 Å². The zero-order valence-corrected chi connectivity index (χ0v) is 14.4. The number of carbonyl (C=O) groups excluding carboxylic acids is 1. The average Bonchev–Trinajstić information content (AvgIpc) is 2.50. The van der Waals surface area contributed by atoms with E-state index in [0.717, 1.165) is 5.56 Å². The first-order chi connectivity index (χ1) is 10.8. The maximum Gasteiger partial charge on any atom is 0.244 e. The van der Waals surface area contributed by atoms with Crippen LogP contribution >= 0.6 is 0 Å². The molecule has 1 aromatic carbocycles. The molecule has 8 heteroatoms. The van der Waals surface area contributed by atoms with Crippen LogP contribution in [0.3, 0.4) is 0 Å². The van der Waals surface area contributed by atoms with E-state index in [4.69, 9.17) is 4.74 Å². The zero-order valence-electron chi connectivity index (χ0n) is 13.5. The molecule has 1 aromatic rings. The molecule has 1 aliphatic heterocycles. The Morgan fingerprint density at radius 2 is 2.17 bits per heavy atom. The van der Waals surface area contributed by atoms with Crippen LogP contribution in [0.5, 0.6) is 0 Å². The summed E-state index contributed by atoms with van der Waals surface area (Å²) in [6.45, 7) is 6.44. The van der Waals surface area contributed by atoms with E-state index < -0.39 is 16.1 Å². The molecule has 1 amide bonds. The van der Waals surface area contributed by atoms with Crippen LogP contribution in [-0.2, 0) is 19.6 Å². The minimum Gasteiger partial charge on any atom is -0.375 e. The maximum atomic E-state index is 12.3. The lowest BCUT2D eigenvalue weighted by Gasteiger charge is -2.29. The van der Waals surface area contributed by atoms with Gasteiger partial charge in [-0.25, -0.2) is 8.42 Å². The first-order valence-electron chi connectivity index (χ1n) is 7.59. The summed E-state index contributed by atoms with van der Waals surface area (Å²) in [5.41, 5.74) is 1.87. The normalized spacial score (nSPS) is 21.7. The molecule has 0 spiro atoms. The van der Waals surface area contributed by atoms with E-state index in [1.165, 1.54) is 0 Å². The number of nitrogens with one attached hydrogen (secondary N) is 3. The van der Waals surface area contributed by atoms with E-state index in [2.05, 4.69) is 15.4 Å². The fraction of sp³-hybridized carbons (Fsp3) is 0.533. The van der Waals surface area contributed by atoms with Crippen LogP contribution in [0.25, 0.3) is 0 Å². The number of carbonyl (C=O) groups is 1. The number of anilines is 2. The number of hydrogen-bond acceptors (Lipinski definition) is 5. The monoisotopic (exact) mass is 341 g/mol. The Morgan fingerprint density at radius 1 is 1.43 bits per heavy atom. The molecule has 2 atom stereocenters. The molecule has 3 N–H and O–H groups in total. The smallest absolute Gasteiger partial charge is 0.244 e. The molecule has 0 bridgehead atoms. The number of sulfonamides is 1. The summed E-state index contributed by atoms with van der Waals surface area (Å²) >= 11 is 0. The van der Waals surface area contributed by atoms with E-state index in [1.54, 1.807) is 32.0 Å². The molecule has 128 valence electrons. The van der Waals surface area contributed by atoms with Crippen LogP contribution in [0.2, 0.25) is 0 Å². The Kier molecular flexibility index (Phi) is 5.61. The molecule has 1 fully saturated rings. The van der Waals surface area contributed by atoms with Crippen molar-refractivity contribution in [3.63, 3.8) is 0 Å². The maximum absolute atomic E-state index is 12.3. The van der Waals surface area contributed by atoms with Crippen molar-refractivity contribution in [2.75, 3.05) is 28.9 Å². The van der Waals surface area contributed by atoms with Gasteiger partial charge in [0.2, 0.25) is 15.9 Å². The van der Waals surface area contributed by atoms with Crippen molar-refractivity contribution in [3.8, 4) is 0 Å². The van der Waals surface area contributed by atoms with Crippen LogP contribution in [0.4, 0.5) is 11.4 Å². The number of hydrogen-bond donors (Lipinski definition) is 3. The van der Waals surface area contributed by atoms with Crippen molar-refractivity contribution in [1.29, 1.82) is 0 Å². The minimum atomic E-state index is -3.32. The molecule has 0 radical (unpaired) electrons. The van der Waals surface area contributed by atoms with Gasteiger partial charge < -0.3 is 15.4 Å². The van der Waals surface area contributed by atoms with Gasteiger partial charge >= 0.3 is 0 Å². The van der Waals surface area contributed by atoms with Crippen molar-refractivity contribution >= 4 is 27.3 Å². The van der Waals surface area contributed by atoms with Gasteiger partial charge in [0.25, 0.3) is 0 Å². The van der Waals surface area contributed by atoms with Crippen molar-refractivity contribution in [2.24, 2.45) is 0 Å². The van der Waals surface area contributed by atoms with Crippen LogP contribution in [0.15, 0.2) is 18.2 Å². The molecule has 23 heavy (non-hydrogen) atoms. The Bertz CT molecular complexity index is 675. The quantitative estimate of drug-likeness (QED) is 0.744. The van der Waals surface area contributed by atoms with E-state index in [1.807, 2.05) is 6.92 Å². The first kappa shape index (κ1) is 17.7. The van der Waals surface area contributed by atoms with Gasteiger partial charge in [0.15, 0.2) is 0 Å². The summed E-state index contributed by atoms with van der Waals surface area (Å²) < 4.78 is 31.2. The summed E-state index contributed by atoms with van der Waals surface area (Å²) in [4.78, 5) is 12.3. The summed E-state index contributed by atoms with van der Waals surface area (Å²) in [5.74, 6) is -0.158. The third-order valence-corrected chi connectivity index (χ3v) is 5.03. The highest BCUT2D eigenvalue weighted by molar-refractivity contribution is 7.92. The van der Waals surface area contributed by atoms with Gasteiger partial charge in [-0.15, -0.1) is 0 Å². The molecule has 0 saturated carbocycles. The first-order valence-corrected chi connectivity index (χ1v) is 9.24. The van der Waals surface area contributed by atoms with E-state index in [9.17, 15) is 13.2 Å². The predicted octanol–water partition coefficient (Wildman–Crippen LogP) is 1.07. The summed E-state index contributed by atoms with van der Waals surface area (Å²) in [6.07, 6.45) is -0.194. The third kappa shape index (κ3) is 4.66. The lowest BCUT2D eigenvalue weighted by Crippen LogP contribution is -2.53. The van der Waals surface area contributed by atoms with E-state index in [-0.39, 0.29) is 17.8 Å². The molecule has 7 nitrogen and oxygen atoms in total. The average molecular weight is 341 g/mol. The van der Waals surface area contributed by atoms with Gasteiger partial charge in [0, 0.05) is 12.2 Å². The van der Waals surface area contributed by atoms with Crippen molar-refractivity contribution in [1.82, 2.24) is 5.32 Å². The molecular weight excluding hydrogens is 318 g/mol. The molecular formula is C15H23N3O4S. The molecule has 0 unspecified atom stereocenters. The zero-order chi connectivity index (χ0) is 17.0. The van der Waals surface area contributed by atoms with Gasteiger partial charge in [-0.2, -0.15) is 0 Å². The third-order valence-electron chi connectivity index (χ3n) is 3.74. The molecule has 1 saturated heterocycles. The van der Waals surface area contributed by atoms with Gasteiger partial charge in [-0.1, -0.05) is 0 Å². The Balaban J connectivity index is 2.07. The number of benzene rings is 1. The molecule has 0 aromatic heterocycles. The highest BCUT2D eigenvalue weighted by atomic mass is 32.2. The number of rotatable bonds is 5. The highest BCUT2D eigenvalue weighted by Crippen LogP contribution is 2.21. The fourth-order valence-corrected chi connectivity index (χ4v) is 3.05. The number of ether oxygens (including phenoxy) is 1. The second-order valence-corrected chi connectivity index (χ2v) is 7.54. The van der Waals surface area contributed by atoms with Crippen molar-refractivity contribution in [2.45, 2.75) is 32.9 Å². The summed E-state index contributed by atoms with van der Waals surface area (Å²) in [7, 11) is -3.32. The molecule has 1 heterocycles. The van der Waals surface area contributed by atoms with Gasteiger partial charge in [0.05, 0.1) is 24.2 Å². The van der Waals surface area contributed by atoms with Crippen LogP contribution in [0.1, 0.15) is 19.4 Å². The van der Waals surface area contributed by atoms with Gasteiger partial charge in [-0.3, -0.25) is 9.52 Å². The van der Waals surface area contributed by atoms with Crippen molar-refractivity contribution < 1.29 is 17.9 Å². The number of morpholine rings is 1. The predicted molar refractivity (Wildman–Crippen MR) is 90.1 cm³/mol. The van der Waals surface area contributed by atoms with Gasteiger partial charge in [0.1, 0.15) is 6.04 Å². The fourth-order valence-electron chi connectivity index (χ4n) is 2.34. The van der Waals surface area contributed by atoms with Gasteiger partial charge in [-0.05, 0) is 44.5 Å². The highest BCUT2D eigenvalue weighted by Gasteiger charge is 2.28. The minimum absolute atomic E-state index is 0.0101. The Morgan fingerprint density at radius 3 is 2.78 bits per heavy atom. The van der Waals surface area contributed by atoms with Crippen LogP contribution in [-0.4, -0.2) is 45.4 Å². The lowest BCUT2D eigenvalue weighted by molar-refractivity contribution is -0.123. The molecule has 2 rings (SSSR count). The SMILES string of the molecule is CCS(=O)(=O)Nc1ccc(NC(=O)[C@H]2NCCO[C@@H]2C)cc1C. The Labute approximate surface area is 136 Å². The summed E-state index contributed by atoms with van der Waals surface area (Å²) in [5, 5.41) is 5.95.